The van der Waals surface area contributed by atoms with E-state index < -0.39 is 0 Å². The number of carbonyl (C=O) groups excluding carboxylic acids is 1. The highest BCUT2D eigenvalue weighted by atomic mass is 35.5. The van der Waals surface area contributed by atoms with Crippen LogP contribution in [-0.4, -0.2) is 59.9 Å². The molecule has 0 saturated carbocycles. The van der Waals surface area contributed by atoms with E-state index in [9.17, 15) is 9.18 Å². The lowest BCUT2D eigenvalue weighted by atomic mass is 10.1. The molecule has 0 N–H and O–H groups in total. The van der Waals surface area contributed by atoms with Crippen molar-refractivity contribution in [2.24, 2.45) is 0 Å². The first-order chi connectivity index (χ1) is 13.6. The van der Waals surface area contributed by atoms with Crippen LogP contribution in [0.25, 0.3) is 0 Å². The maximum Gasteiger partial charge on any atom is 0.224 e. The Labute approximate surface area is 174 Å². The van der Waals surface area contributed by atoms with E-state index in [0.29, 0.717) is 11.4 Å². The lowest BCUT2D eigenvalue weighted by molar-refractivity contribution is -0.132. The van der Waals surface area contributed by atoms with Gasteiger partial charge in [0.15, 0.2) is 0 Å². The molecule has 2 aromatic rings. The first-order valence-electron chi connectivity index (χ1n) is 9.80. The van der Waals surface area contributed by atoms with Crippen molar-refractivity contribution in [3.63, 3.8) is 0 Å². The quantitative estimate of drug-likeness (QED) is 0.737. The van der Waals surface area contributed by atoms with Gasteiger partial charge < -0.3 is 9.80 Å². The van der Waals surface area contributed by atoms with Gasteiger partial charge in [0.2, 0.25) is 5.91 Å². The van der Waals surface area contributed by atoms with Crippen molar-refractivity contribution in [3.05, 3.63) is 56.5 Å². The molecule has 4 rings (SSSR count). The van der Waals surface area contributed by atoms with Crippen LogP contribution in [0.4, 0.5) is 4.39 Å². The van der Waals surface area contributed by atoms with E-state index in [-0.39, 0.29) is 11.7 Å². The standard InChI is InChI=1S/C21H25ClFN3OS/c22-19-13-18(23)2-1-16(19)14-25-10-8-24(9-11-25)6-4-21(27)26-7-3-20-17(15-26)5-12-28-20/h1-2,5,12-13H,3-4,6-11,14-15H2. The van der Waals surface area contributed by atoms with E-state index in [4.69, 9.17) is 11.6 Å². The third-order valence-electron chi connectivity index (χ3n) is 5.68. The molecule has 3 heterocycles. The smallest absolute Gasteiger partial charge is 0.224 e. The van der Waals surface area contributed by atoms with Crippen molar-refractivity contribution < 1.29 is 9.18 Å². The summed E-state index contributed by atoms with van der Waals surface area (Å²) >= 11 is 7.94. The van der Waals surface area contributed by atoms with Crippen LogP contribution in [0.5, 0.6) is 0 Å². The summed E-state index contributed by atoms with van der Waals surface area (Å²) in [5.74, 6) is -0.0375. The maximum atomic E-state index is 13.2. The van der Waals surface area contributed by atoms with Crippen LogP contribution in [0, 0.1) is 5.82 Å². The Balaban J connectivity index is 1.20. The monoisotopic (exact) mass is 421 g/mol. The first kappa shape index (κ1) is 19.8. The summed E-state index contributed by atoms with van der Waals surface area (Å²) in [7, 11) is 0. The Kier molecular flexibility index (Phi) is 6.31. The van der Waals surface area contributed by atoms with Gasteiger partial charge in [-0.3, -0.25) is 9.69 Å². The van der Waals surface area contributed by atoms with E-state index >= 15 is 0 Å². The van der Waals surface area contributed by atoms with Gasteiger partial charge in [0, 0.05) is 68.7 Å². The van der Waals surface area contributed by atoms with Crippen LogP contribution in [0.3, 0.4) is 0 Å². The van der Waals surface area contributed by atoms with E-state index in [0.717, 1.165) is 64.3 Å². The molecule has 0 spiro atoms. The third-order valence-corrected chi connectivity index (χ3v) is 7.05. The van der Waals surface area contributed by atoms with Crippen molar-refractivity contribution in [2.75, 3.05) is 39.3 Å². The molecular weight excluding hydrogens is 397 g/mol. The van der Waals surface area contributed by atoms with E-state index in [1.807, 2.05) is 4.90 Å². The fourth-order valence-corrected chi connectivity index (χ4v) is 5.05. The lowest BCUT2D eigenvalue weighted by Gasteiger charge is -2.35. The largest absolute Gasteiger partial charge is 0.338 e. The average molecular weight is 422 g/mol. The summed E-state index contributed by atoms with van der Waals surface area (Å²) < 4.78 is 13.2. The zero-order valence-electron chi connectivity index (χ0n) is 15.9. The summed E-state index contributed by atoms with van der Waals surface area (Å²) in [4.78, 5) is 20.7. The second kappa shape index (κ2) is 8.91. The van der Waals surface area contributed by atoms with Crippen LogP contribution in [0.2, 0.25) is 5.02 Å². The molecule has 0 aliphatic carbocycles. The number of carbonyl (C=O) groups is 1. The molecule has 1 amide bonds. The first-order valence-corrected chi connectivity index (χ1v) is 11.1. The Morgan fingerprint density at radius 2 is 1.89 bits per heavy atom. The minimum Gasteiger partial charge on any atom is -0.338 e. The van der Waals surface area contributed by atoms with Crippen molar-refractivity contribution in [3.8, 4) is 0 Å². The van der Waals surface area contributed by atoms with Crippen molar-refractivity contribution in [2.45, 2.75) is 25.9 Å². The summed E-state index contributed by atoms with van der Waals surface area (Å²) in [5.41, 5.74) is 2.28. The topological polar surface area (TPSA) is 26.8 Å². The van der Waals surface area contributed by atoms with Gasteiger partial charge in [-0.05, 0) is 41.1 Å². The Morgan fingerprint density at radius 3 is 2.68 bits per heavy atom. The van der Waals surface area contributed by atoms with Gasteiger partial charge in [-0.1, -0.05) is 17.7 Å². The van der Waals surface area contributed by atoms with Gasteiger partial charge in [-0.25, -0.2) is 4.39 Å². The minimum absolute atomic E-state index is 0.261. The van der Waals surface area contributed by atoms with Crippen LogP contribution in [0.1, 0.15) is 22.4 Å². The Morgan fingerprint density at radius 1 is 1.11 bits per heavy atom. The molecule has 2 aliphatic heterocycles. The Bertz CT molecular complexity index is 835. The summed E-state index contributed by atoms with van der Waals surface area (Å²) in [5, 5.41) is 2.61. The molecule has 0 atom stereocenters. The fraction of sp³-hybridized carbons (Fsp3) is 0.476. The van der Waals surface area contributed by atoms with Crippen LogP contribution < -0.4 is 0 Å². The number of amides is 1. The number of hydrogen-bond acceptors (Lipinski definition) is 4. The second-order valence-corrected chi connectivity index (χ2v) is 8.95. The number of piperazine rings is 1. The molecule has 0 radical (unpaired) electrons. The third kappa shape index (κ3) is 4.74. The summed E-state index contributed by atoms with van der Waals surface area (Å²) in [6.45, 7) is 6.93. The van der Waals surface area contributed by atoms with Crippen molar-refractivity contribution >= 4 is 28.8 Å². The second-order valence-electron chi connectivity index (χ2n) is 7.54. The summed E-state index contributed by atoms with van der Waals surface area (Å²) in [6.07, 6.45) is 1.58. The number of halogens is 2. The highest BCUT2D eigenvalue weighted by molar-refractivity contribution is 7.10. The van der Waals surface area contributed by atoms with Crippen molar-refractivity contribution in [1.29, 1.82) is 0 Å². The minimum atomic E-state index is -0.299. The van der Waals surface area contributed by atoms with Crippen molar-refractivity contribution in [1.82, 2.24) is 14.7 Å². The van der Waals surface area contributed by atoms with Crippen LogP contribution in [0.15, 0.2) is 29.6 Å². The van der Waals surface area contributed by atoms with Gasteiger partial charge in [-0.15, -0.1) is 11.3 Å². The molecule has 1 fully saturated rings. The number of thiophene rings is 1. The summed E-state index contributed by atoms with van der Waals surface area (Å²) in [6, 6.07) is 6.74. The molecule has 0 unspecified atom stereocenters. The van der Waals surface area contributed by atoms with Gasteiger partial charge in [0.25, 0.3) is 0 Å². The molecule has 1 aromatic heterocycles. The van der Waals surface area contributed by atoms with Crippen LogP contribution >= 0.6 is 22.9 Å². The fourth-order valence-electron chi connectivity index (χ4n) is 3.94. The highest BCUT2D eigenvalue weighted by Gasteiger charge is 2.23. The number of hydrogen-bond donors (Lipinski definition) is 0. The predicted molar refractivity (Wildman–Crippen MR) is 111 cm³/mol. The molecular formula is C21H25ClFN3OS. The van der Waals surface area contributed by atoms with Gasteiger partial charge in [-0.2, -0.15) is 0 Å². The molecule has 1 aromatic carbocycles. The lowest BCUT2D eigenvalue weighted by Crippen LogP contribution is -2.47. The predicted octanol–water partition coefficient (Wildman–Crippen LogP) is 3.63. The SMILES string of the molecule is O=C(CCN1CCN(Cc2ccc(F)cc2Cl)CC1)N1CCc2sccc2C1. The molecule has 4 nitrogen and oxygen atoms in total. The highest BCUT2D eigenvalue weighted by Crippen LogP contribution is 2.24. The number of fused-ring (bicyclic) bond motifs is 1. The molecule has 1 saturated heterocycles. The molecule has 0 bridgehead atoms. The Hall–Kier alpha value is -1.47. The van der Waals surface area contributed by atoms with Crippen LogP contribution in [-0.2, 0) is 24.3 Å². The molecule has 150 valence electrons. The van der Waals surface area contributed by atoms with E-state index in [1.54, 1.807) is 17.4 Å². The zero-order chi connectivity index (χ0) is 19.5. The van der Waals surface area contributed by atoms with Gasteiger partial charge >= 0.3 is 0 Å². The van der Waals surface area contributed by atoms with Gasteiger partial charge in [0.1, 0.15) is 5.82 Å². The number of rotatable bonds is 5. The average Bonchev–Trinajstić information content (AvgIpc) is 3.17. The normalized spacial score (nSPS) is 18.3. The van der Waals surface area contributed by atoms with Gasteiger partial charge in [0.05, 0.1) is 0 Å². The zero-order valence-corrected chi connectivity index (χ0v) is 17.4. The van der Waals surface area contributed by atoms with E-state index in [1.165, 1.54) is 22.6 Å². The molecule has 28 heavy (non-hydrogen) atoms. The molecule has 2 aliphatic rings. The number of nitrogens with zero attached hydrogens (tertiary/aromatic N) is 3. The molecule has 7 heteroatoms. The van der Waals surface area contributed by atoms with E-state index in [2.05, 4.69) is 21.2 Å². The maximum absolute atomic E-state index is 13.2. The number of benzene rings is 1.